The molecule has 2 aromatic rings. The third-order valence-electron chi connectivity index (χ3n) is 1.87. The highest BCUT2D eigenvalue weighted by atomic mass is 79.9. The molecule has 2 heterocycles. The van der Waals surface area contributed by atoms with Crippen LogP contribution in [0, 0.1) is 0 Å². The molecule has 0 amide bonds. The molecule has 2 rings (SSSR count). The Morgan fingerprint density at radius 2 is 2.19 bits per heavy atom. The zero-order chi connectivity index (χ0) is 11.5. The van der Waals surface area contributed by atoms with Crippen LogP contribution in [0.1, 0.15) is 10.5 Å². The highest BCUT2D eigenvalue weighted by molar-refractivity contribution is 9.10. The van der Waals surface area contributed by atoms with Crippen LogP contribution >= 0.6 is 15.9 Å². The summed E-state index contributed by atoms with van der Waals surface area (Å²) in [6, 6.07) is 3.50. The number of aromatic carboxylic acids is 1. The van der Waals surface area contributed by atoms with Crippen molar-refractivity contribution < 1.29 is 9.90 Å². The van der Waals surface area contributed by atoms with Gasteiger partial charge in [-0.15, -0.1) is 0 Å². The van der Waals surface area contributed by atoms with Crippen molar-refractivity contribution in [2.24, 2.45) is 0 Å². The van der Waals surface area contributed by atoms with E-state index in [4.69, 9.17) is 5.11 Å². The normalized spacial score (nSPS) is 10.1. The molecule has 80 valence electrons. The molecule has 0 fully saturated rings. The second-order valence-corrected chi connectivity index (χ2v) is 3.79. The van der Waals surface area contributed by atoms with E-state index >= 15 is 0 Å². The van der Waals surface area contributed by atoms with Crippen LogP contribution in [-0.2, 0) is 0 Å². The zero-order valence-electron chi connectivity index (χ0n) is 7.96. The van der Waals surface area contributed by atoms with E-state index in [1.54, 1.807) is 24.5 Å². The number of rotatable bonds is 2. The largest absolute Gasteiger partial charge is 0.476 e. The van der Waals surface area contributed by atoms with Gasteiger partial charge >= 0.3 is 5.97 Å². The van der Waals surface area contributed by atoms with Gasteiger partial charge in [0.1, 0.15) is 0 Å². The van der Waals surface area contributed by atoms with Crippen molar-refractivity contribution in [3.8, 4) is 11.4 Å². The van der Waals surface area contributed by atoms with Crippen LogP contribution in [0.25, 0.3) is 11.4 Å². The SMILES string of the molecule is O=C(O)c1nc(-c2cccnc2)ncc1Br. The molecule has 0 radical (unpaired) electrons. The van der Waals surface area contributed by atoms with Crippen molar-refractivity contribution in [1.29, 1.82) is 0 Å². The minimum Gasteiger partial charge on any atom is -0.476 e. The molecule has 0 bridgehead atoms. The number of hydrogen-bond donors (Lipinski definition) is 1. The Bertz CT molecular complexity index is 531. The van der Waals surface area contributed by atoms with Crippen molar-refractivity contribution in [2.45, 2.75) is 0 Å². The van der Waals surface area contributed by atoms with Gasteiger partial charge in [-0.1, -0.05) is 0 Å². The summed E-state index contributed by atoms with van der Waals surface area (Å²) in [5.74, 6) is -0.756. The smallest absolute Gasteiger partial charge is 0.355 e. The minimum atomic E-state index is -1.10. The van der Waals surface area contributed by atoms with E-state index in [0.717, 1.165) is 0 Å². The fraction of sp³-hybridized carbons (Fsp3) is 0. The van der Waals surface area contributed by atoms with Gasteiger partial charge in [0.15, 0.2) is 11.5 Å². The predicted molar refractivity (Wildman–Crippen MR) is 59.9 cm³/mol. The Balaban J connectivity index is 2.52. The maximum Gasteiger partial charge on any atom is 0.355 e. The molecule has 0 atom stereocenters. The summed E-state index contributed by atoms with van der Waals surface area (Å²) in [6.07, 6.45) is 4.62. The summed E-state index contributed by atoms with van der Waals surface area (Å²) in [7, 11) is 0. The van der Waals surface area contributed by atoms with Gasteiger partial charge in [-0.05, 0) is 28.1 Å². The second-order valence-electron chi connectivity index (χ2n) is 2.94. The van der Waals surface area contributed by atoms with E-state index in [2.05, 4.69) is 30.9 Å². The first kappa shape index (κ1) is 10.7. The maximum absolute atomic E-state index is 10.9. The summed E-state index contributed by atoms with van der Waals surface area (Å²) in [4.78, 5) is 22.8. The highest BCUT2D eigenvalue weighted by Crippen LogP contribution is 2.18. The Labute approximate surface area is 99.3 Å². The molecule has 6 heteroatoms. The fourth-order valence-electron chi connectivity index (χ4n) is 1.15. The first-order valence-electron chi connectivity index (χ1n) is 4.34. The summed E-state index contributed by atoms with van der Waals surface area (Å²) < 4.78 is 0.354. The van der Waals surface area contributed by atoms with Crippen molar-refractivity contribution in [3.05, 3.63) is 40.9 Å². The van der Waals surface area contributed by atoms with Gasteiger partial charge in [0.2, 0.25) is 0 Å². The van der Waals surface area contributed by atoms with Crippen LogP contribution < -0.4 is 0 Å². The Morgan fingerprint density at radius 3 is 2.81 bits per heavy atom. The number of carboxylic acid groups (broad SMARTS) is 1. The lowest BCUT2D eigenvalue weighted by Gasteiger charge is -2.02. The van der Waals surface area contributed by atoms with Gasteiger partial charge in [-0.3, -0.25) is 4.98 Å². The summed E-state index contributed by atoms with van der Waals surface area (Å²) in [5, 5.41) is 8.90. The van der Waals surface area contributed by atoms with E-state index in [9.17, 15) is 4.79 Å². The van der Waals surface area contributed by atoms with Gasteiger partial charge < -0.3 is 5.11 Å². The average Bonchev–Trinajstić information content (AvgIpc) is 2.30. The molecule has 16 heavy (non-hydrogen) atoms. The van der Waals surface area contributed by atoms with Crippen LogP contribution in [0.5, 0.6) is 0 Å². The zero-order valence-corrected chi connectivity index (χ0v) is 9.55. The molecular weight excluding hydrogens is 274 g/mol. The van der Waals surface area contributed by atoms with Crippen LogP contribution in [0.3, 0.4) is 0 Å². The molecule has 0 aliphatic rings. The molecule has 0 saturated heterocycles. The lowest BCUT2D eigenvalue weighted by atomic mass is 10.2. The van der Waals surface area contributed by atoms with Crippen molar-refractivity contribution >= 4 is 21.9 Å². The van der Waals surface area contributed by atoms with Crippen molar-refractivity contribution in [3.63, 3.8) is 0 Å². The van der Waals surface area contributed by atoms with Gasteiger partial charge in [-0.2, -0.15) is 0 Å². The number of aromatic nitrogens is 3. The summed E-state index contributed by atoms with van der Waals surface area (Å²) in [5.41, 5.74) is 0.617. The summed E-state index contributed by atoms with van der Waals surface area (Å²) in [6.45, 7) is 0. The average molecular weight is 280 g/mol. The summed E-state index contributed by atoms with van der Waals surface area (Å²) >= 11 is 3.08. The molecule has 0 aliphatic heterocycles. The van der Waals surface area contributed by atoms with E-state index < -0.39 is 5.97 Å². The first-order valence-corrected chi connectivity index (χ1v) is 5.14. The number of carboxylic acids is 1. The van der Waals surface area contributed by atoms with Gasteiger partial charge in [0.05, 0.1) is 4.47 Å². The number of pyridine rings is 1. The molecule has 5 nitrogen and oxygen atoms in total. The number of hydrogen-bond acceptors (Lipinski definition) is 4. The van der Waals surface area contributed by atoms with Crippen LogP contribution in [0.15, 0.2) is 35.2 Å². The third kappa shape index (κ3) is 2.06. The highest BCUT2D eigenvalue weighted by Gasteiger charge is 2.12. The van der Waals surface area contributed by atoms with Crippen LogP contribution in [-0.4, -0.2) is 26.0 Å². The topological polar surface area (TPSA) is 76.0 Å². The van der Waals surface area contributed by atoms with E-state index in [0.29, 0.717) is 15.9 Å². The lowest BCUT2D eigenvalue weighted by Crippen LogP contribution is -2.04. The third-order valence-corrected chi connectivity index (χ3v) is 2.45. The molecule has 0 aromatic carbocycles. The molecule has 2 aromatic heterocycles. The van der Waals surface area contributed by atoms with E-state index in [-0.39, 0.29) is 5.69 Å². The van der Waals surface area contributed by atoms with Crippen molar-refractivity contribution in [2.75, 3.05) is 0 Å². The Kier molecular flexibility index (Phi) is 2.91. The molecule has 0 unspecified atom stereocenters. The van der Waals surface area contributed by atoms with Crippen LogP contribution in [0.2, 0.25) is 0 Å². The van der Waals surface area contributed by atoms with E-state index in [1.807, 2.05) is 0 Å². The molecule has 0 aliphatic carbocycles. The Hall–Kier alpha value is -1.82. The number of nitrogens with zero attached hydrogens (tertiary/aromatic N) is 3. The minimum absolute atomic E-state index is 0.0612. The van der Waals surface area contributed by atoms with Gasteiger partial charge in [-0.25, -0.2) is 14.8 Å². The van der Waals surface area contributed by atoms with Gasteiger partial charge in [0, 0.05) is 24.2 Å². The monoisotopic (exact) mass is 279 g/mol. The standard InChI is InChI=1S/C10H6BrN3O2/c11-7-5-13-9(14-8(7)10(15)16)6-2-1-3-12-4-6/h1-5H,(H,15,16). The molecule has 0 spiro atoms. The Morgan fingerprint density at radius 1 is 1.38 bits per heavy atom. The number of halogens is 1. The quantitative estimate of drug-likeness (QED) is 0.910. The van der Waals surface area contributed by atoms with Crippen LogP contribution in [0.4, 0.5) is 0 Å². The van der Waals surface area contributed by atoms with Crippen molar-refractivity contribution in [1.82, 2.24) is 15.0 Å². The number of carbonyl (C=O) groups is 1. The predicted octanol–water partition coefficient (Wildman–Crippen LogP) is 2.00. The molecule has 0 saturated carbocycles. The molecular formula is C10H6BrN3O2. The second kappa shape index (κ2) is 4.36. The van der Waals surface area contributed by atoms with E-state index in [1.165, 1.54) is 6.20 Å². The fourth-order valence-corrected chi connectivity index (χ4v) is 1.51. The lowest BCUT2D eigenvalue weighted by molar-refractivity contribution is 0.0689. The molecule has 1 N–H and O–H groups in total. The maximum atomic E-state index is 10.9. The van der Waals surface area contributed by atoms with Gasteiger partial charge in [0.25, 0.3) is 0 Å². The first-order chi connectivity index (χ1) is 7.68.